The second kappa shape index (κ2) is 8.87. The van der Waals surface area contributed by atoms with Crippen molar-refractivity contribution in [3.63, 3.8) is 0 Å². The SMILES string of the molecule is CCC(CC)C(=O)Nc1ccc(C(=O)Nc2cccc(OC)c2)cc1. The molecule has 5 heteroatoms. The van der Waals surface area contributed by atoms with Crippen LogP contribution in [0.2, 0.25) is 0 Å². The van der Waals surface area contributed by atoms with Gasteiger partial charge in [0.1, 0.15) is 5.75 Å². The number of anilines is 2. The molecule has 0 spiro atoms. The third kappa shape index (κ3) is 5.08. The van der Waals surface area contributed by atoms with Crippen molar-refractivity contribution in [3.8, 4) is 5.75 Å². The summed E-state index contributed by atoms with van der Waals surface area (Å²) in [4.78, 5) is 24.4. The first kappa shape index (κ1) is 18.5. The fourth-order valence-corrected chi connectivity index (χ4v) is 2.51. The van der Waals surface area contributed by atoms with Gasteiger partial charge in [-0.3, -0.25) is 9.59 Å². The Hall–Kier alpha value is -2.82. The van der Waals surface area contributed by atoms with Gasteiger partial charge < -0.3 is 15.4 Å². The van der Waals surface area contributed by atoms with E-state index < -0.39 is 0 Å². The molecule has 0 heterocycles. The van der Waals surface area contributed by atoms with Crippen LogP contribution in [0.4, 0.5) is 11.4 Å². The Morgan fingerprint density at radius 1 is 0.960 bits per heavy atom. The summed E-state index contributed by atoms with van der Waals surface area (Å²) in [6, 6.07) is 14.0. The maximum atomic E-state index is 12.3. The van der Waals surface area contributed by atoms with Gasteiger partial charge in [0.15, 0.2) is 0 Å². The van der Waals surface area contributed by atoms with Gasteiger partial charge in [-0.2, -0.15) is 0 Å². The van der Waals surface area contributed by atoms with Gasteiger partial charge in [-0.1, -0.05) is 19.9 Å². The lowest BCUT2D eigenvalue weighted by Crippen LogP contribution is -2.21. The Kier molecular flexibility index (Phi) is 6.57. The third-order valence-corrected chi connectivity index (χ3v) is 4.10. The number of carbonyl (C=O) groups excluding carboxylic acids is 2. The highest BCUT2D eigenvalue weighted by atomic mass is 16.5. The van der Waals surface area contributed by atoms with Crippen molar-refractivity contribution in [3.05, 3.63) is 54.1 Å². The molecule has 2 aromatic rings. The van der Waals surface area contributed by atoms with E-state index in [1.54, 1.807) is 43.5 Å². The van der Waals surface area contributed by atoms with Gasteiger partial charge in [-0.05, 0) is 49.2 Å². The van der Waals surface area contributed by atoms with E-state index in [1.807, 2.05) is 26.0 Å². The summed E-state index contributed by atoms with van der Waals surface area (Å²) in [5.41, 5.74) is 1.87. The summed E-state index contributed by atoms with van der Waals surface area (Å²) in [5, 5.41) is 5.71. The summed E-state index contributed by atoms with van der Waals surface area (Å²) in [6.07, 6.45) is 1.62. The van der Waals surface area contributed by atoms with Crippen molar-refractivity contribution in [2.45, 2.75) is 26.7 Å². The molecular weight excluding hydrogens is 316 g/mol. The number of ether oxygens (including phenoxy) is 1. The molecular formula is C20H24N2O3. The molecule has 0 aliphatic carbocycles. The number of hydrogen-bond donors (Lipinski definition) is 2. The number of hydrogen-bond acceptors (Lipinski definition) is 3. The number of benzene rings is 2. The molecule has 0 bridgehead atoms. The van der Waals surface area contributed by atoms with Crippen LogP contribution in [0.5, 0.6) is 5.75 Å². The van der Waals surface area contributed by atoms with Crippen LogP contribution in [-0.2, 0) is 4.79 Å². The topological polar surface area (TPSA) is 67.4 Å². The minimum Gasteiger partial charge on any atom is -0.497 e. The van der Waals surface area contributed by atoms with E-state index >= 15 is 0 Å². The standard InChI is InChI=1S/C20H24N2O3/c1-4-14(5-2)19(23)21-16-11-9-15(10-12-16)20(24)22-17-7-6-8-18(13-17)25-3/h6-14H,4-5H2,1-3H3,(H,21,23)(H,22,24). The highest BCUT2D eigenvalue weighted by molar-refractivity contribution is 6.04. The monoisotopic (exact) mass is 340 g/mol. The van der Waals surface area contributed by atoms with Gasteiger partial charge in [0.25, 0.3) is 5.91 Å². The highest BCUT2D eigenvalue weighted by Gasteiger charge is 2.14. The second-order valence-corrected chi connectivity index (χ2v) is 5.77. The Balaban J connectivity index is 2.01. The average Bonchev–Trinajstić information content (AvgIpc) is 2.63. The van der Waals surface area contributed by atoms with Crippen molar-refractivity contribution in [1.29, 1.82) is 0 Å². The zero-order chi connectivity index (χ0) is 18.2. The fraction of sp³-hybridized carbons (Fsp3) is 0.300. The molecule has 5 nitrogen and oxygen atoms in total. The number of amides is 2. The Morgan fingerprint density at radius 2 is 1.64 bits per heavy atom. The molecule has 0 aromatic heterocycles. The normalized spacial score (nSPS) is 10.4. The minimum absolute atomic E-state index is 0.0102. The van der Waals surface area contributed by atoms with E-state index in [2.05, 4.69) is 10.6 Å². The van der Waals surface area contributed by atoms with Gasteiger partial charge in [0, 0.05) is 28.9 Å². The van der Waals surface area contributed by atoms with Crippen LogP contribution in [0.1, 0.15) is 37.0 Å². The predicted molar refractivity (Wildman–Crippen MR) is 100 cm³/mol. The van der Waals surface area contributed by atoms with E-state index in [-0.39, 0.29) is 17.7 Å². The van der Waals surface area contributed by atoms with Crippen LogP contribution in [-0.4, -0.2) is 18.9 Å². The van der Waals surface area contributed by atoms with Gasteiger partial charge in [-0.15, -0.1) is 0 Å². The van der Waals surface area contributed by atoms with Crippen molar-refractivity contribution in [1.82, 2.24) is 0 Å². The summed E-state index contributed by atoms with van der Waals surface area (Å²) in [6.45, 7) is 4.00. The smallest absolute Gasteiger partial charge is 0.255 e. The van der Waals surface area contributed by atoms with Gasteiger partial charge in [0.2, 0.25) is 5.91 Å². The molecule has 2 amide bonds. The van der Waals surface area contributed by atoms with E-state index in [0.717, 1.165) is 12.8 Å². The molecule has 25 heavy (non-hydrogen) atoms. The molecule has 0 radical (unpaired) electrons. The maximum absolute atomic E-state index is 12.3. The lowest BCUT2D eigenvalue weighted by molar-refractivity contribution is -0.120. The summed E-state index contributed by atoms with van der Waals surface area (Å²) in [5.74, 6) is 0.484. The largest absolute Gasteiger partial charge is 0.497 e. The average molecular weight is 340 g/mol. The van der Waals surface area contributed by atoms with Crippen LogP contribution in [0.15, 0.2) is 48.5 Å². The lowest BCUT2D eigenvalue weighted by atomic mass is 10.0. The predicted octanol–water partition coefficient (Wildman–Crippen LogP) is 4.32. The molecule has 2 N–H and O–H groups in total. The van der Waals surface area contributed by atoms with E-state index in [1.165, 1.54) is 0 Å². The zero-order valence-electron chi connectivity index (χ0n) is 14.8. The van der Waals surface area contributed by atoms with E-state index in [0.29, 0.717) is 22.7 Å². The first-order chi connectivity index (χ1) is 12.1. The van der Waals surface area contributed by atoms with Crippen LogP contribution in [0, 0.1) is 5.92 Å². The molecule has 132 valence electrons. The molecule has 0 saturated carbocycles. The van der Waals surface area contributed by atoms with Gasteiger partial charge in [-0.25, -0.2) is 0 Å². The number of nitrogens with one attached hydrogen (secondary N) is 2. The summed E-state index contributed by atoms with van der Waals surface area (Å²) < 4.78 is 5.14. The fourth-order valence-electron chi connectivity index (χ4n) is 2.51. The Bertz CT molecular complexity index is 722. The Morgan fingerprint density at radius 3 is 2.24 bits per heavy atom. The van der Waals surface area contributed by atoms with Crippen molar-refractivity contribution >= 4 is 23.2 Å². The van der Waals surface area contributed by atoms with Crippen LogP contribution >= 0.6 is 0 Å². The van der Waals surface area contributed by atoms with E-state index in [4.69, 9.17) is 4.74 Å². The molecule has 0 aliphatic rings. The van der Waals surface area contributed by atoms with Crippen LogP contribution in [0.3, 0.4) is 0 Å². The second-order valence-electron chi connectivity index (χ2n) is 5.77. The first-order valence-corrected chi connectivity index (χ1v) is 8.43. The van der Waals surface area contributed by atoms with Gasteiger partial charge >= 0.3 is 0 Å². The number of rotatable bonds is 7. The summed E-state index contributed by atoms with van der Waals surface area (Å²) >= 11 is 0. The molecule has 0 aliphatic heterocycles. The quantitative estimate of drug-likeness (QED) is 0.788. The maximum Gasteiger partial charge on any atom is 0.255 e. The Labute approximate surface area is 148 Å². The van der Waals surface area contributed by atoms with Crippen LogP contribution in [0.25, 0.3) is 0 Å². The molecule has 0 saturated heterocycles. The third-order valence-electron chi connectivity index (χ3n) is 4.10. The highest BCUT2D eigenvalue weighted by Crippen LogP contribution is 2.18. The molecule has 0 atom stereocenters. The van der Waals surface area contributed by atoms with Crippen molar-refractivity contribution < 1.29 is 14.3 Å². The molecule has 2 rings (SSSR count). The lowest BCUT2D eigenvalue weighted by Gasteiger charge is -2.13. The minimum atomic E-state index is -0.217. The summed E-state index contributed by atoms with van der Waals surface area (Å²) in [7, 11) is 1.58. The van der Waals surface area contributed by atoms with Crippen LogP contribution < -0.4 is 15.4 Å². The van der Waals surface area contributed by atoms with Crippen molar-refractivity contribution in [2.24, 2.45) is 5.92 Å². The first-order valence-electron chi connectivity index (χ1n) is 8.43. The number of methoxy groups -OCH3 is 1. The molecule has 0 fully saturated rings. The molecule has 2 aromatic carbocycles. The number of carbonyl (C=O) groups is 2. The van der Waals surface area contributed by atoms with Gasteiger partial charge in [0.05, 0.1) is 7.11 Å². The zero-order valence-corrected chi connectivity index (χ0v) is 14.8. The van der Waals surface area contributed by atoms with Crippen molar-refractivity contribution in [2.75, 3.05) is 17.7 Å². The molecule has 0 unspecified atom stereocenters. The van der Waals surface area contributed by atoms with E-state index in [9.17, 15) is 9.59 Å².